The zero-order valence-corrected chi connectivity index (χ0v) is 16.8. The topological polar surface area (TPSA) is 76.5 Å². The molecule has 0 spiro atoms. The van der Waals surface area contributed by atoms with Crippen molar-refractivity contribution in [2.45, 2.75) is 25.1 Å². The van der Waals surface area contributed by atoms with Crippen molar-refractivity contribution >= 4 is 23.2 Å². The quantitative estimate of drug-likeness (QED) is 0.767. The molecule has 1 amide bonds. The minimum Gasteiger partial charge on any atom is -0.489 e. The molecule has 1 aliphatic heterocycles. The van der Waals surface area contributed by atoms with E-state index in [0.29, 0.717) is 25.9 Å². The molecule has 1 aromatic carbocycles. The Balaban J connectivity index is 1.53. The lowest BCUT2D eigenvalue weighted by Crippen LogP contribution is -2.44. The van der Waals surface area contributed by atoms with Crippen molar-refractivity contribution in [3.05, 3.63) is 51.4 Å². The summed E-state index contributed by atoms with van der Waals surface area (Å²) in [6.45, 7) is 0.719. The third-order valence-electron chi connectivity index (χ3n) is 4.78. The average Bonchev–Trinajstić information content (AvgIpc) is 2.70. The fourth-order valence-electron chi connectivity index (χ4n) is 3.10. The summed E-state index contributed by atoms with van der Waals surface area (Å²) >= 11 is 5.97. The highest BCUT2D eigenvalue weighted by Gasteiger charge is 2.32. The van der Waals surface area contributed by atoms with Gasteiger partial charge in [-0.3, -0.25) is 9.59 Å². The smallest absolute Gasteiger partial charge is 0.416 e. The molecule has 0 saturated carbocycles. The van der Waals surface area contributed by atoms with E-state index in [1.807, 2.05) is 0 Å². The molecular weight excluding hydrogens is 425 g/mol. The number of rotatable bonds is 5. The van der Waals surface area contributed by atoms with E-state index >= 15 is 0 Å². The van der Waals surface area contributed by atoms with Gasteiger partial charge in [0.15, 0.2) is 0 Å². The van der Waals surface area contributed by atoms with Crippen molar-refractivity contribution in [3.8, 4) is 5.75 Å². The number of aromatic nitrogens is 2. The number of alkyl halides is 3. The maximum atomic E-state index is 12.9. The molecule has 7 nitrogen and oxygen atoms in total. The number of aryl methyl sites for hydroxylation is 1. The highest BCUT2D eigenvalue weighted by Crippen LogP contribution is 2.35. The number of carbonyl (C=O) groups excluding carboxylic acids is 1. The van der Waals surface area contributed by atoms with Gasteiger partial charge < -0.3 is 15.0 Å². The molecule has 1 aromatic heterocycles. The van der Waals surface area contributed by atoms with Crippen LogP contribution in [0.15, 0.2) is 35.3 Å². The number of hydrogen-bond donors (Lipinski definition) is 1. The van der Waals surface area contributed by atoms with Gasteiger partial charge in [-0.25, -0.2) is 4.68 Å². The normalized spacial score (nSPS) is 15.2. The number of nitrogens with zero attached hydrogens (tertiary/aromatic N) is 3. The van der Waals surface area contributed by atoms with Gasteiger partial charge in [-0.05, 0) is 24.3 Å². The first kappa shape index (κ1) is 21.9. The fraction of sp³-hybridized carbons (Fsp3) is 0.421. The SMILES string of the molecule is Cn1nccc(NCC(=O)N2CCC(Oc3cc(C(F)(F)F)ccc3Cl)CC2)c1=O. The van der Waals surface area contributed by atoms with E-state index < -0.39 is 11.7 Å². The van der Waals surface area contributed by atoms with E-state index in [0.717, 1.165) is 22.9 Å². The van der Waals surface area contributed by atoms with E-state index in [9.17, 15) is 22.8 Å². The summed E-state index contributed by atoms with van der Waals surface area (Å²) in [7, 11) is 1.51. The third kappa shape index (κ3) is 5.24. The molecule has 1 saturated heterocycles. The van der Waals surface area contributed by atoms with Gasteiger partial charge in [-0.1, -0.05) is 11.6 Å². The van der Waals surface area contributed by atoms with Gasteiger partial charge in [-0.2, -0.15) is 18.3 Å². The molecule has 162 valence electrons. The van der Waals surface area contributed by atoms with Crippen molar-refractivity contribution in [2.75, 3.05) is 25.0 Å². The molecule has 1 aliphatic rings. The van der Waals surface area contributed by atoms with E-state index in [2.05, 4.69) is 10.4 Å². The number of ether oxygens (including phenoxy) is 1. The zero-order valence-electron chi connectivity index (χ0n) is 16.1. The molecule has 11 heteroatoms. The predicted molar refractivity (Wildman–Crippen MR) is 105 cm³/mol. The Bertz CT molecular complexity index is 972. The molecule has 0 atom stereocenters. The minimum absolute atomic E-state index is 0.0218. The highest BCUT2D eigenvalue weighted by atomic mass is 35.5. The minimum atomic E-state index is -4.48. The average molecular weight is 445 g/mol. The van der Waals surface area contributed by atoms with Gasteiger partial charge >= 0.3 is 6.18 Å². The summed E-state index contributed by atoms with van der Waals surface area (Å²) in [4.78, 5) is 25.9. The second-order valence-electron chi connectivity index (χ2n) is 6.87. The van der Waals surface area contributed by atoms with E-state index in [1.54, 1.807) is 4.90 Å². The summed E-state index contributed by atoms with van der Waals surface area (Å²) in [5.74, 6) is -0.212. The maximum absolute atomic E-state index is 12.9. The highest BCUT2D eigenvalue weighted by molar-refractivity contribution is 6.32. The van der Waals surface area contributed by atoms with Crippen molar-refractivity contribution in [1.82, 2.24) is 14.7 Å². The van der Waals surface area contributed by atoms with Crippen LogP contribution in [-0.2, 0) is 18.0 Å². The van der Waals surface area contributed by atoms with Crippen LogP contribution in [0, 0.1) is 0 Å². The Morgan fingerprint density at radius 1 is 1.30 bits per heavy atom. The van der Waals surface area contributed by atoms with E-state index in [-0.39, 0.29) is 40.6 Å². The number of anilines is 1. The lowest BCUT2D eigenvalue weighted by atomic mass is 10.1. The second-order valence-corrected chi connectivity index (χ2v) is 7.28. The van der Waals surface area contributed by atoms with Crippen LogP contribution in [0.25, 0.3) is 0 Å². The Labute approximate surface area is 175 Å². The standard InChI is InChI=1S/C19H20ClF3N4O3/c1-26-18(29)15(4-7-25-26)24-11-17(28)27-8-5-13(6-9-27)30-16-10-12(19(21,22)23)2-3-14(16)20/h2-4,7,10,13,24H,5-6,8-9,11H2,1H3. The monoisotopic (exact) mass is 444 g/mol. The van der Waals surface area contributed by atoms with Crippen LogP contribution < -0.4 is 15.6 Å². The first-order chi connectivity index (χ1) is 14.1. The third-order valence-corrected chi connectivity index (χ3v) is 5.09. The van der Waals surface area contributed by atoms with Gasteiger partial charge in [0.2, 0.25) is 5.91 Å². The number of benzene rings is 1. The van der Waals surface area contributed by atoms with E-state index in [1.165, 1.54) is 19.3 Å². The molecule has 30 heavy (non-hydrogen) atoms. The Morgan fingerprint density at radius 2 is 2.00 bits per heavy atom. The molecule has 2 heterocycles. The molecule has 3 rings (SSSR count). The summed E-state index contributed by atoms with van der Waals surface area (Å²) in [5.41, 5.74) is -0.892. The van der Waals surface area contributed by atoms with Gasteiger partial charge in [0.05, 0.1) is 17.1 Å². The van der Waals surface area contributed by atoms with Crippen LogP contribution >= 0.6 is 11.6 Å². The lowest BCUT2D eigenvalue weighted by molar-refractivity contribution is -0.138. The molecule has 1 N–H and O–H groups in total. The number of halogens is 4. The van der Waals surface area contributed by atoms with Crippen molar-refractivity contribution in [2.24, 2.45) is 7.05 Å². The molecule has 0 radical (unpaired) electrons. The number of amides is 1. The summed E-state index contributed by atoms with van der Waals surface area (Å²) < 4.78 is 45.5. The summed E-state index contributed by atoms with van der Waals surface area (Å²) in [5, 5.41) is 6.72. The van der Waals surface area contributed by atoms with Crippen LogP contribution in [0.5, 0.6) is 5.75 Å². The van der Waals surface area contributed by atoms with Gasteiger partial charge in [0, 0.05) is 39.2 Å². The first-order valence-corrected chi connectivity index (χ1v) is 9.60. The van der Waals surface area contributed by atoms with Crippen molar-refractivity contribution < 1.29 is 22.7 Å². The molecule has 1 fully saturated rings. The summed E-state index contributed by atoms with van der Waals surface area (Å²) in [6.07, 6.45) is -2.47. The van der Waals surface area contributed by atoms with Crippen LogP contribution in [0.2, 0.25) is 5.02 Å². The second kappa shape index (κ2) is 8.95. The van der Waals surface area contributed by atoms with Gasteiger partial charge in [-0.15, -0.1) is 0 Å². The Hall–Kier alpha value is -2.75. The van der Waals surface area contributed by atoms with Crippen LogP contribution in [0.3, 0.4) is 0 Å². The number of likely N-dealkylation sites (tertiary alicyclic amines) is 1. The van der Waals surface area contributed by atoms with Crippen LogP contribution in [0.1, 0.15) is 18.4 Å². The maximum Gasteiger partial charge on any atom is 0.416 e. The number of nitrogens with one attached hydrogen (secondary N) is 1. The predicted octanol–water partition coefficient (Wildman–Crippen LogP) is 2.93. The van der Waals surface area contributed by atoms with Crippen LogP contribution in [-0.4, -0.2) is 46.3 Å². The molecule has 0 bridgehead atoms. The Kier molecular flexibility index (Phi) is 6.55. The fourth-order valence-corrected chi connectivity index (χ4v) is 3.26. The zero-order chi connectivity index (χ0) is 21.9. The van der Waals surface area contributed by atoms with Gasteiger partial charge in [0.1, 0.15) is 17.5 Å². The molecular formula is C19H20ClF3N4O3. The number of carbonyl (C=O) groups is 1. The largest absolute Gasteiger partial charge is 0.489 e. The molecule has 2 aromatic rings. The van der Waals surface area contributed by atoms with Crippen molar-refractivity contribution in [1.29, 1.82) is 0 Å². The van der Waals surface area contributed by atoms with Gasteiger partial charge in [0.25, 0.3) is 5.56 Å². The number of hydrogen-bond acceptors (Lipinski definition) is 5. The number of piperidine rings is 1. The first-order valence-electron chi connectivity index (χ1n) is 9.22. The lowest BCUT2D eigenvalue weighted by Gasteiger charge is -2.32. The van der Waals surface area contributed by atoms with Crippen LogP contribution in [0.4, 0.5) is 18.9 Å². The van der Waals surface area contributed by atoms with E-state index in [4.69, 9.17) is 16.3 Å². The Morgan fingerprint density at radius 3 is 2.67 bits per heavy atom. The molecule has 0 aliphatic carbocycles. The summed E-state index contributed by atoms with van der Waals surface area (Å²) in [6, 6.07) is 4.44. The van der Waals surface area contributed by atoms with Crippen molar-refractivity contribution in [3.63, 3.8) is 0 Å². The molecule has 0 unspecified atom stereocenters.